The van der Waals surface area contributed by atoms with Gasteiger partial charge in [0.25, 0.3) is 0 Å². The van der Waals surface area contributed by atoms with Gasteiger partial charge in [0.1, 0.15) is 0 Å². The van der Waals surface area contributed by atoms with Gasteiger partial charge < -0.3 is 25.2 Å². The fourth-order valence-corrected chi connectivity index (χ4v) is 4.00. The minimum Gasteiger partial charge on any atom is -0.450 e. The lowest BCUT2D eigenvalue weighted by Crippen LogP contribution is -2.49. The van der Waals surface area contributed by atoms with Crippen LogP contribution in [-0.2, 0) is 11.2 Å². The molecule has 4 rings (SSSR count). The summed E-state index contributed by atoms with van der Waals surface area (Å²) in [7, 11) is 0. The molecule has 1 amide bonds. The third kappa shape index (κ3) is 6.03. The van der Waals surface area contributed by atoms with Crippen molar-refractivity contribution in [3.63, 3.8) is 0 Å². The Labute approximate surface area is 194 Å². The molecule has 1 fully saturated rings. The minimum absolute atomic E-state index is 0.139. The second-order valence-electron chi connectivity index (χ2n) is 8.12. The van der Waals surface area contributed by atoms with Crippen LogP contribution in [0.4, 0.5) is 16.2 Å². The van der Waals surface area contributed by atoms with E-state index in [9.17, 15) is 9.59 Å². The van der Waals surface area contributed by atoms with Crippen LogP contribution in [0.5, 0.6) is 0 Å². The Hall–Kier alpha value is -3.55. The van der Waals surface area contributed by atoms with Crippen LogP contribution in [0.2, 0.25) is 0 Å². The summed E-state index contributed by atoms with van der Waals surface area (Å²) in [5.41, 5.74) is 3.91. The highest BCUT2D eigenvalue weighted by molar-refractivity contribution is 5.96. The molecule has 0 aromatic heterocycles. The van der Waals surface area contributed by atoms with Crippen molar-refractivity contribution in [2.75, 3.05) is 56.1 Å². The van der Waals surface area contributed by atoms with Gasteiger partial charge in [-0.15, -0.1) is 0 Å². The van der Waals surface area contributed by atoms with E-state index in [1.54, 1.807) is 4.90 Å². The SMILES string of the molecule is CCOC(=O)N1CCN(c2ccc(C(=O)CCc3ccc(NC4=NCCN4)cc3)cc2)CC1. The summed E-state index contributed by atoms with van der Waals surface area (Å²) < 4.78 is 5.07. The Kier molecular flexibility index (Phi) is 7.44. The number of piperazine rings is 1. The summed E-state index contributed by atoms with van der Waals surface area (Å²) in [6.45, 7) is 6.66. The molecule has 33 heavy (non-hydrogen) atoms. The number of anilines is 2. The van der Waals surface area contributed by atoms with E-state index in [1.165, 1.54) is 0 Å². The second-order valence-corrected chi connectivity index (χ2v) is 8.12. The predicted molar refractivity (Wildman–Crippen MR) is 130 cm³/mol. The molecule has 2 aliphatic heterocycles. The van der Waals surface area contributed by atoms with Crippen LogP contribution in [0.1, 0.15) is 29.3 Å². The zero-order valence-electron chi connectivity index (χ0n) is 19.0. The molecule has 0 unspecified atom stereocenters. The zero-order valence-corrected chi connectivity index (χ0v) is 19.0. The summed E-state index contributed by atoms with van der Waals surface area (Å²) in [5.74, 6) is 0.947. The molecule has 8 heteroatoms. The number of hydrogen-bond acceptors (Lipinski definition) is 7. The molecule has 8 nitrogen and oxygen atoms in total. The first kappa shape index (κ1) is 22.6. The number of nitrogens with one attached hydrogen (secondary N) is 2. The number of amides is 1. The van der Waals surface area contributed by atoms with Crippen molar-refractivity contribution in [1.29, 1.82) is 0 Å². The van der Waals surface area contributed by atoms with Crippen LogP contribution in [0.15, 0.2) is 53.5 Å². The van der Waals surface area contributed by atoms with Gasteiger partial charge in [0.05, 0.1) is 13.2 Å². The number of guanidine groups is 1. The van der Waals surface area contributed by atoms with E-state index in [0.717, 1.165) is 54.6 Å². The fraction of sp³-hybridized carbons (Fsp3) is 0.400. The Morgan fingerprint density at radius 1 is 1.03 bits per heavy atom. The highest BCUT2D eigenvalue weighted by atomic mass is 16.6. The van der Waals surface area contributed by atoms with E-state index >= 15 is 0 Å². The van der Waals surface area contributed by atoms with Gasteiger partial charge in [0.15, 0.2) is 11.7 Å². The van der Waals surface area contributed by atoms with Crippen LogP contribution >= 0.6 is 0 Å². The van der Waals surface area contributed by atoms with Crippen LogP contribution in [0.3, 0.4) is 0 Å². The molecular weight excluding hydrogens is 418 g/mol. The number of ether oxygens (including phenoxy) is 1. The molecule has 174 valence electrons. The molecule has 0 spiro atoms. The maximum Gasteiger partial charge on any atom is 0.409 e. The molecule has 2 aliphatic rings. The first-order chi connectivity index (χ1) is 16.1. The first-order valence-electron chi connectivity index (χ1n) is 11.6. The number of rotatable bonds is 7. The number of aliphatic imine (C=N–C) groups is 1. The number of carbonyl (C=O) groups excluding carboxylic acids is 2. The lowest BCUT2D eigenvalue weighted by Gasteiger charge is -2.35. The summed E-state index contributed by atoms with van der Waals surface area (Å²) in [6, 6.07) is 15.9. The van der Waals surface area contributed by atoms with Crippen molar-refractivity contribution in [2.45, 2.75) is 19.8 Å². The molecule has 0 saturated carbocycles. The van der Waals surface area contributed by atoms with Crippen LogP contribution in [-0.4, -0.2) is 68.6 Å². The highest BCUT2D eigenvalue weighted by Gasteiger charge is 2.22. The van der Waals surface area contributed by atoms with E-state index < -0.39 is 0 Å². The summed E-state index contributed by atoms with van der Waals surface area (Å²) in [5, 5.41) is 6.43. The number of carbonyl (C=O) groups is 2. The molecule has 0 aliphatic carbocycles. The van der Waals surface area contributed by atoms with Gasteiger partial charge in [0.2, 0.25) is 0 Å². The number of hydrogen-bond donors (Lipinski definition) is 2. The number of benzene rings is 2. The van der Waals surface area contributed by atoms with E-state index in [2.05, 4.69) is 20.5 Å². The van der Waals surface area contributed by atoms with E-state index in [0.29, 0.717) is 32.5 Å². The number of ketones is 1. The monoisotopic (exact) mass is 449 g/mol. The maximum absolute atomic E-state index is 12.7. The Balaban J connectivity index is 1.24. The van der Waals surface area contributed by atoms with Crippen molar-refractivity contribution in [3.05, 3.63) is 59.7 Å². The predicted octanol–water partition coefficient (Wildman–Crippen LogP) is 3.15. The first-order valence-corrected chi connectivity index (χ1v) is 11.6. The maximum atomic E-state index is 12.7. The molecule has 1 saturated heterocycles. The van der Waals surface area contributed by atoms with Crippen molar-refractivity contribution in [2.24, 2.45) is 4.99 Å². The standard InChI is InChI=1S/C25H31N5O3/c1-2-33-25(32)30-17-15-29(16-18-30)22-10-6-20(7-11-22)23(31)12-5-19-3-8-21(9-4-19)28-24-26-13-14-27-24/h3-4,6-11H,2,5,12-18H2,1H3,(H2,26,27,28). The number of nitrogens with zero attached hydrogens (tertiary/aromatic N) is 3. The highest BCUT2D eigenvalue weighted by Crippen LogP contribution is 2.19. The average Bonchev–Trinajstić information content (AvgIpc) is 3.37. The van der Waals surface area contributed by atoms with E-state index in [1.807, 2.05) is 55.5 Å². The average molecular weight is 450 g/mol. The summed E-state index contributed by atoms with van der Waals surface area (Å²) in [6.07, 6.45) is 0.929. The Morgan fingerprint density at radius 3 is 2.39 bits per heavy atom. The molecule has 0 atom stereocenters. The molecule has 2 aromatic rings. The van der Waals surface area contributed by atoms with Crippen molar-refractivity contribution < 1.29 is 14.3 Å². The number of Topliss-reactive ketones (excluding diaryl/α,β-unsaturated/α-hetero) is 1. The van der Waals surface area contributed by atoms with Crippen molar-refractivity contribution in [1.82, 2.24) is 10.2 Å². The Bertz CT molecular complexity index is 980. The van der Waals surface area contributed by atoms with Gasteiger partial charge >= 0.3 is 6.09 Å². The van der Waals surface area contributed by atoms with E-state index in [-0.39, 0.29) is 11.9 Å². The molecule has 2 N–H and O–H groups in total. The second kappa shape index (κ2) is 10.8. The normalized spacial score (nSPS) is 15.6. The molecule has 0 radical (unpaired) electrons. The van der Waals surface area contributed by atoms with Gasteiger partial charge in [-0.25, -0.2) is 4.79 Å². The van der Waals surface area contributed by atoms with Gasteiger partial charge in [-0.05, 0) is 55.3 Å². The van der Waals surface area contributed by atoms with Crippen molar-refractivity contribution >= 4 is 29.2 Å². The quantitative estimate of drug-likeness (QED) is 0.632. The molecule has 2 aromatic carbocycles. The smallest absolute Gasteiger partial charge is 0.409 e. The largest absolute Gasteiger partial charge is 0.450 e. The summed E-state index contributed by atoms with van der Waals surface area (Å²) in [4.78, 5) is 32.8. The van der Waals surface area contributed by atoms with Crippen LogP contribution < -0.4 is 15.5 Å². The molecular formula is C25H31N5O3. The van der Waals surface area contributed by atoms with Gasteiger partial charge in [-0.2, -0.15) is 0 Å². The Morgan fingerprint density at radius 2 is 1.76 bits per heavy atom. The van der Waals surface area contributed by atoms with Crippen molar-refractivity contribution in [3.8, 4) is 0 Å². The van der Waals surface area contributed by atoms with Gasteiger partial charge in [0, 0.05) is 56.1 Å². The van der Waals surface area contributed by atoms with E-state index in [4.69, 9.17) is 4.74 Å². The van der Waals surface area contributed by atoms with Gasteiger partial charge in [-0.1, -0.05) is 12.1 Å². The van der Waals surface area contributed by atoms with Crippen LogP contribution in [0.25, 0.3) is 0 Å². The lowest BCUT2D eigenvalue weighted by atomic mass is 10.0. The number of aryl methyl sites for hydroxylation is 1. The zero-order chi connectivity index (χ0) is 23.0. The molecule has 2 heterocycles. The summed E-state index contributed by atoms with van der Waals surface area (Å²) >= 11 is 0. The van der Waals surface area contributed by atoms with Gasteiger partial charge in [-0.3, -0.25) is 9.79 Å². The lowest BCUT2D eigenvalue weighted by molar-refractivity contribution is 0.0981. The third-order valence-corrected chi connectivity index (χ3v) is 5.89. The molecule has 0 bridgehead atoms. The topological polar surface area (TPSA) is 86.3 Å². The fourth-order valence-electron chi connectivity index (χ4n) is 4.00. The van der Waals surface area contributed by atoms with Crippen LogP contribution in [0, 0.1) is 0 Å². The third-order valence-electron chi connectivity index (χ3n) is 5.89. The minimum atomic E-state index is -0.246.